The smallest absolute Gasteiger partial charge is 0.364 e. The minimum Gasteiger partial charge on any atom is -0.364 e. The first-order valence-electron chi connectivity index (χ1n) is 10.9. The predicted octanol–water partition coefficient (Wildman–Crippen LogP) is 7.33. The Bertz CT molecular complexity index is 1290. The number of urea groups is 1. The SMILES string of the molecule is COCN(C(=O)N1CC(C)(c2ccccc2)C(c2ccc(C(F)(F)F)c(Cl)c2)=N1)c1ccc(Br)cc1. The Hall–Kier alpha value is -2.88. The fourth-order valence-corrected chi connectivity index (χ4v) is 4.74. The normalized spacial score (nSPS) is 17.8. The van der Waals surface area contributed by atoms with Crippen LogP contribution in [0.1, 0.15) is 23.6 Å². The fourth-order valence-electron chi connectivity index (χ4n) is 4.18. The van der Waals surface area contributed by atoms with Crippen LogP contribution in [0.25, 0.3) is 0 Å². The summed E-state index contributed by atoms with van der Waals surface area (Å²) in [7, 11) is 1.48. The van der Waals surface area contributed by atoms with Gasteiger partial charge in [0.25, 0.3) is 0 Å². The quantitative estimate of drug-likeness (QED) is 0.297. The summed E-state index contributed by atoms with van der Waals surface area (Å²) in [6, 6.07) is 19.6. The number of methoxy groups -OCH3 is 1. The van der Waals surface area contributed by atoms with E-state index in [1.807, 2.05) is 49.4 Å². The molecule has 3 aromatic carbocycles. The van der Waals surface area contributed by atoms with E-state index in [4.69, 9.17) is 16.3 Å². The van der Waals surface area contributed by atoms with Gasteiger partial charge < -0.3 is 4.74 Å². The van der Waals surface area contributed by atoms with Crippen LogP contribution in [-0.4, -0.2) is 37.1 Å². The molecule has 0 N–H and O–H groups in total. The minimum atomic E-state index is -4.58. The number of carbonyl (C=O) groups is 1. The van der Waals surface area contributed by atoms with Crippen molar-refractivity contribution in [2.45, 2.75) is 18.5 Å². The molecule has 0 radical (unpaired) electrons. The van der Waals surface area contributed by atoms with Crippen molar-refractivity contribution in [3.63, 3.8) is 0 Å². The van der Waals surface area contributed by atoms with Crippen LogP contribution in [0, 0.1) is 0 Å². The number of ether oxygens (including phenoxy) is 1. The first-order chi connectivity index (χ1) is 17.0. The van der Waals surface area contributed by atoms with E-state index in [1.54, 1.807) is 12.1 Å². The first kappa shape index (κ1) is 26.2. The maximum absolute atomic E-state index is 13.6. The highest BCUT2D eigenvalue weighted by Gasteiger charge is 2.44. The number of benzene rings is 3. The molecule has 36 heavy (non-hydrogen) atoms. The van der Waals surface area contributed by atoms with Crippen molar-refractivity contribution >= 4 is 45.0 Å². The third kappa shape index (κ3) is 5.14. The van der Waals surface area contributed by atoms with E-state index < -0.39 is 28.2 Å². The van der Waals surface area contributed by atoms with Gasteiger partial charge in [-0.25, -0.2) is 9.80 Å². The lowest BCUT2D eigenvalue weighted by atomic mass is 9.76. The highest BCUT2D eigenvalue weighted by molar-refractivity contribution is 9.10. The summed E-state index contributed by atoms with van der Waals surface area (Å²) < 4.78 is 46.0. The van der Waals surface area contributed by atoms with Crippen LogP contribution >= 0.6 is 27.5 Å². The van der Waals surface area contributed by atoms with Crippen LogP contribution < -0.4 is 4.90 Å². The van der Waals surface area contributed by atoms with Crippen LogP contribution in [0.2, 0.25) is 5.02 Å². The summed E-state index contributed by atoms with van der Waals surface area (Å²) in [5, 5.41) is 5.50. The van der Waals surface area contributed by atoms with Crippen LogP contribution in [0.15, 0.2) is 82.4 Å². The first-order valence-corrected chi connectivity index (χ1v) is 12.1. The van der Waals surface area contributed by atoms with Gasteiger partial charge >= 0.3 is 12.2 Å². The summed E-state index contributed by atoms with van der Waals surface area (Å²) in [5.41, 5.74) is 0.563. The van der Waals surface area contributed by atoms with E-state index in [0.29, 0.717) is 17.0 Å². The van der Waals surface area contributed by atoms with Crippen molar-refractivity contribution < 1.29 is 22.7 Å². The summed E-state index contributed by atoms with van der Waals surface area (Å²) in [6.07, 6.45) is -4.58. The van der Waals surface area contributed by atoms with Crippen molar-refractivity contribution in [3.05, 3.63) is 99.0 Å². The van der Waals surface area contributed by atoms with Crippen LogP contribution in [0.3, 0.4) is 0 Å². The molecule has 3 aromatic rings. The zero-order chi connectivity index (χ0) is 26.1. The molecule has 5 nitrogen and oxygen atoms in total. The van der Waals surface area contributed by atoms with Crippen molar-refractivity contribution in [1.82, 2.24) is 5.01 Å². The lowest BCUT2D eigenvalue weighted by molar-refractivity contribution is -0.137. The largest absolute Gasteiger partial charge is 0.417 e. The Labute approximate surface area is 220 Å². The van der Waals surface area contributed by atoms with E-state index >= 15 is 0 Å². The van der Waals surface area contributed by atoms with E-state index in [2.05, 4.69) is 21.0 Å². The van der Waals surface area contributed by atoms with Gasteiger partial charge in [-0.15, -0.1) is 0 Å². The molecule has 0 bridgehead atoms. The number of alkyl halides is 3. The monoisotopic (exact) mass is 579 g/mol. The number of halogens is 5. The average molecular weight is 581 g/mol. The number of hydrazone groups is 1. The van der Waals surface area contributed by atoms with E-state index in [1.165, 1.54) is 29.2 Å². The molecule has 1 unspecified atom stereocenters. The molecule has 188 valence electrons. The number of rotatable bonds is 5. The molecule has 0 saturated heterocycles. The van der Waals surface area contributed by atoms with E-state index in [0.717, 1.165) is 16.1 Å². The number of carbonyl (C=O) groups excluding carboxylic acids is 1. The highest BCUT2D eigenvalue weighted by Crippen LogP contribution is 2.39. The number of nitrogens with zero attached hydrogens (tertiary/aromatic N) is 3. The molecule has 0 aromatic heterocycles. The molecular weight excluding hydrogens is 559 g/mol. The molecule has 0 fully saturated rings. The van der Waals surface area contributed by atoms with Crippen molar-refractivity contribution in [2.24, 2.45) is 5.10 Å². The summed E-state index contributed by atoms with van der Waals surface area (Å²) in [5.74, 6) is 0. The van der Waals surface area contributed by atoms with E-state index in [9.17, 15) is 18.0 Å². The zero-order valence-electron chi connectivity index (χ0n) is 19.4. The number of anilines is 1. The Morgan fingerprint density at radius 3 is 2.39 bits per heavy atom. The lowest BCUT2D eigenvalue weighted by Gasteiger charge is -2.29. The summed E-state index contributed by atoms with van der Waals surface area (Å²) in [6.45, 7) is 2.05. The van der Waals surface area contributed by atoms with Crippen molar-refractivity contribution in [2.75, 3.05) is 25.3 Å². The second kappa shape index (κ2) is 10.2. The van der Waals surface area contributed by atoms with Gasteiger partial charge in [-0.05, 0) is 48.9 Å². The van der Waals surface area contributed by atoms with Gasteiger partial charge in [0.1, 0.15) is 6.73 Å². The van der Waals surface area contributed by atoms with Gasteiger partial charge in [0.05, 0.1) is 28.3 Å². The van der Waals surface area contributed by atoms with Crippen molar-refractivity contribution in [1.29, 1.82) is 0 Å². The van der Waals surface area contributed by atoms with Crippen LogP contribution in [-0.2, 0) is 16.3 Å². The lowest BCUT2D eigenvalue weighted by Crippen LogP contribution is -2.44. The molecule has 10 heteroatoms. The van der Waals surface area contributed by atoms with Gasteiger partial charge in [-0.3, -0.25) is 4.90 Å². The zero-order valence-corrected chi connectivity index (χ0v) is 21.7. The molecule has 1 atom stereocenters. The second-order valence-corrected chi connectivity index (χ2v) is 9.82. The van der Waals surface area contributed by atoms with E-state index in [-0.39, 0.29) is 13.3 Å². The Morgan fingerprint density at radius 1 is 1.14 bits per heavy atom. The third-order valence-electron chi connectivity index (χ3n) is 6.02. The van der Waals surface area contributed by atoms with Gasteiger partial charge in [0.2, 0.25) is 0 Å². The van der Waals surface area contributed by atoms with Gasteiger partial charge in [-0.1, -0.05) is 63.9 Å². The number of hydrogen-bond donors (Lipinski definition) is 0. The van der Waals surface area contributed by atoms with Crippen LogP contribution in [0.5, 0.6) is 0 Å². The average Bonchev–Trinajstić information content (AvgIpc) is 3.21. The Balaban J connectivity index is 1.78. The Morgan fingerprint density at radius 2 is 1.81 bits per heavy atom. The molecule has 1 heterocycles. The molecule has 1 aliphatic rings. The molecule has 1 aliphatic heterocycles. The summed E-state index contributed by atoms with van der Waals surface area (Å²) in [4.78, 5) is 15.1. The van der Waals surface area contributed by atoms with Crippen LogP contribution in [0.4, 0.5) is 23.7 Å². The molecule has 4 rings (SSSR count). The molecule has 0 spiro atoms. The van der Waals surface area contributed by atoms with Crippen molar-refractivity contribution in [3.8, 4) is 0 Å². The maximum atomic E-state index is 13.6. The maximum Gasteiger partial charge on any atom is 0.417 e. The molecular formula is C26H22BrClF3N3O2. The highest BCUT2D eigenvalue weighted by atomic mass is 79.9. The third-order valence-corrected chi connectivity index (χ3v) is 6.86. The minimum absolute atomic E-state index is 0.0179. The molecule has 2 amide bonds. The standard InChI is InChI=1S/C26H22BrClF3N3O2/c1-25(18-6-4-3-5-7-18)15-34(24(35)33(16-36-2)20-11-9-19(27)10-12-20)32-23(25)17-8-13-21(22(28)14-17)26(29,30)31/h3-14H,15-16H2,1-2H3. The van der Waals surface area contributed by atoms with Gasteiger partial charge in [0.15, 0.2) is 0 Å². The van der Waals surface area contributed by atoms with Gasteiger partial charge in [-0.2, -0.15) is 18.3 Å². The Kier molecular flexibility index (Phi) is 7.45. The molecule has 0 aliphatic carbocycles. The van der Waals surface area contributed by atoms with Gasteiger partial charge in [0, 0.05) is 22.8 Å². The topological polar surface area (TPSA) is 45.1 Å². The number of amides is 2. The summed E-state index contributed by atoms with van der Waals surface area (Å²) >= 11 is 9.42. The second-order valence-electron chi connectivity index (χ2n) is 8.50. The molecule has 0 saturated carbocycles. The number of hydrogen-bond acceptors (Lipinski definition) is 3. The fraction of sp³-hybridized carbons (Fsp3) is 0.231. The predicted molar refractivity (Wildman–Crippen MR) is 137 cm³/mol.